The SMILES string of the molecule is CCOC(=O)C(=O)C=CC(SC)=C(O)c1ccc2ccccc2c1. The van der Waals surface area contributed by atoms with Crippen molar-refractivity contribution in [2.75, 3.05) is 12.9 Å². The molecule has 0 saturated carbocycles. The van der Waals surface area contributed by atoms with Gasteiger partial charge < -0.3 is 9.84 Å². The largest absolute Gasteiger partial charge is 0.506 e. The van der Waals surface area contributed by atoms with Crippen LogP contribution < -0.4 is 0 Å². The number of carbonyl (C=O) groups excluding carboxylic acids is 2. The van der Waals surface area contributed by atoms with Crippen LogP contribution in [0, 0.1) is 0 Å². The minimum absolute atomic E-state index is 0.0566. The monoisotopic (exact) mass is 342 g/mol. The van der Waals surface area contributed by atoms with E-state index in [9.17, 15) is 14.7 Å². The zero-order valence-corrected chi connectivity index (χ0v) is 14.3. The van der Waals surface area contributed by atoms with E-state index in [1.807, 2.05) is 42.5 Å². The van der Waals surface area contributed by atoms with Crippen LogP contribution in [-0.4, -0.2) is 29.7 Å². The molecule has 0 heterocycles. The fourth-order valence-electron chi connectivity index (χ4n) is 2.14. The van der Waals surface area contributed by atoms with Crippen LogP contribution in [-0.2, 0) is 14.3 Å². The molecule has 0 aliphatic carbocycles. The summed E-state index contributed by atoms with van der Waals surface area (Å²) in [6, 6.07) is 13.5. The van der Waals surface area contributed by atoms with Crippen molar-refractivity contribution in [3.05, 3.63) is 65.1 Å². The highest BCUT2D eigenvalue weighted by molar-refractivity contribution is 8.02. The van der Waals surface area contributed by atoms with Gasteiger partial charge in [0.05, 0.1) is 6.61 Å². The zero-order chi connectivity index (χ0) is 17.5. The molecular formula is C19H18O4S. The van der Waals surface area contributed by atoms with Gasteiger partial charge in [-0.3, -0.25) is 4.79 Å². The van der Waals surface area contributed by atoms with Crippen LogP contribution in [0.2, 0.25) is 0 Å². The second kappa shape index (κ2) is 8.36. The molecule has 0 unspecified atom stereocenters. The Kier molecular flexibility index (Phi) is 6.21. The molecule has 124 valence electrons. The average Bonchev–Trinajstić information content (AvgIpc) is 2.61. The first kappa shape index (κ1) is 17.8. The second-order valence-electron chi connectivity index (χ2n) is 4.90. The van der Waals surface area contributed by atoms with E-state index >= 15 is 0 Å². The Morgan fingerprint density at radius 3 is 2.50 bits per heavy atom. The summed E-state index contributed by atoms with van der Waals surface area (Å²) in [6.07, 6.45) is 4.32. The van der Waals surface area contributed by atoms with E-state index in [0.29, 0.717) is 10.5 Å². The molecule has 0 amide bonds. The van der Waals surface area contributed by atoms with Crippen molar-refractivity contribution in [2.45, 2.75) is 6.92 Å². The molecule has 5 heteroatoms. The van der Waals surface area contributed by atoms with Crippen molar-refractivity contribution in [1.29, 1.82) is 0 Å². The smallest absolute Gasteiger partial charge is 0.379 e. The molecule has 1 N–H and O–H groups in total. The predicted molar refractivity (Wildman–Crippen MR) is 97.8 cm³/mol. The van der Waals surface area contributed by atoms with Gasteiger partial charge >= 0.3 is 5.97 Å². The van der Waals surface area contributed by atoms with Gasteiger partial charge in [0.15, 0.2) is 0 Å². The number of esters is 1. The van der Waals surface area contributed by atoms with E-state index in [1.165, 1.54) is 17.8 Å². The number of benzene rings is 2. The molecule has 4 nitrogen and oxygen atoms in total. The van der Waals surface area contributed by atoms with E-state index in [0.717, 1.165) is 16.8 Å². The van der Waals surface area contributed by atoms with Gasteiger partial charge in [-0.25, -0.2) is 4.79 Å². The lowest BCUT2D eigenvalue weighted by Gasteiger charge is -2.06. The number of allylic oxidation sites excluding steroid dienone is 1. The normalized spacial score (nSPS) is 12.2. The first-order valence-corrected chi connectivity index (χ1v) is 8.64. The van der Waals surface area contributed by atoms with Gasteiger partial charge in [0.25, 0.3) is 5.78 Å². The molecule has 0 saturated heterocycles. The first-order chi connectivity index (χ1) is 11.6. The maximum atomic E-state index is 11.6. The maximum absolute atomic E-state index is 11.6. The van der Waals surface area contributed by atoms with Gasteiger partial charge in [0, 0.05) is 10.5 Å². The molecule has 2 aromatic rings. The number of rotatable bonds is 6. The predicted octanol–water partition coefficient (Wildman–Crippen LogP) is 4.12. The van der Waals surface area contributed by atoms with Crippen LogP contribution in [0.4, 0.5) is 0 Å². The molecule has 0 aromatic heterocycles. The molecule has 0 aliphatic rings. The van der Waals surface area contributed by atoms with Gasteiger partial charge in [-0.05, 0) is 42.2 Å². The third kappa shape index (κ3) is 4.26. The van der Waals surface area contributed by atoms with E-state index in [4.69, 9.17) is 0 Å². The number of aliphatic hydroxyl groups excluding tert-OH is 1. The van der Waals surface area contributed by atoms with E-state index in [1.54, 1.807) is 13.2 Å². The molecule has 0 bridgehead atoms. The number of fused-ring (bicyclic) bond motifs is 1. The highest BCUT2D eigenvalue weighted by Crippen LogP contribution is 2.27. The summed E-state index contributed by atoms with van der Waals surface area (Å²) in [7, 11) is 0. The summed E-state index contributed by atoms with van der Waals surface area (Å²) in [5, 5.41) is 12.6. The Morgan fingerprint density at radius 2 is 1.83 bits per heavy atom. The van der Waals surface area contributed by atoms with Crippen LogP contribution in [0.15, 0.2) is 59.5 Å². The first-order valence-electron chi connectivity index (χ1n) is 7.42. The minimum Gasteiger partial charge on any atom is -0.506 e. The van der Waals surface area contributed by atoms with E-state index in [-0.39, 0.29) is 12.4 Å². The van der Waals surface area contributed by atoms with Crippen molar-refractivity contribution < 1.29 is 19.4 Å². The molecule has 0 aliphatic heterocycles. The van der Waals surface area contributed by atoms with Crippen molar-refractivity contribution in [1.82, 2.24) is 0 Å². The van der Waals surface area contributed by atoms with Crippen LogP contribution in [0.3, 0.4) is 0 Å². The number of hydrogen-bond acceptors (Lipinski definition) is 5. The van der Waals surface area contributed by atoms with Gasteiger partial charge in [0.1, 0.15) is 5.76 Å². The number of hydrogen-bond donors (Lipinski definition) is 1. The standard InChI is InChI=1S/C19H18O4S/c1-3-23-19(22)16(20)10-11-17(24-2)18(21)15-9-8-13-6-4-5-7-14(13)12-15/h4-12,21H,3H2,1-2H3. The average molecular weight is 342 g/mol. The molecule has 2 aromatic carbocycles. The maximum Gasteiger partial charge on any atom is 0.379 e. The van der Waals surface area contributed by atoms with E-state index in [2.05, 4.69) is 4.74 Å². The van der Waals surface area contributed by atoms with Crippen LogP contribution in [0.5, 0.6) is 0 Å². The van der Waals surface area contributed by atoms with Crippen molar-refractivity contribution in [3.8, 4) is 0 Å². The second-order valence-corrected chi connectivity index (χ2v) is 5.75. The zero-order valence-electron chi connectivity index (χ0n) is 13.5. The molecule has 2 rings (SSSR count). The van der Waals surface area contributed by atoms with Crippen molar-refractivity contribution in [3.63, 3.8) is 0 Å². The van der Waals surface area contributed by atoms with Gasteiger partial charge in [-0.15, -0.1) is 11.8 Å². The quantitative estimate of drug-likeness (QED) is 0.281. The third-order valence-corrected chi connectivity index (χ3v) is 4.11. The summed E-state index contributed by atoms with van der Waals surface area (Å²) in [5.41, 5.74) is 0.645. The fourth-order valence-corrected chi connectivity index (χ4v) is 2.66. The summed E-state index contributed by atoms with van der Waals surface area (Å²) in [6.45, 7) is 1.78. The summed E-state index contributed by atoms with van der Waals surface area (Å²) < 4.78 is 4.64. The minimum atomic E-state index is -0.903. The number of carbonyl (C=O) groups is 2. The number of ether oxygens (including phenoxy) is 1. The Morgan fingerprint density at radius 1 is 1.12 bits per heavy atom. The summed E-state index contributed by atoms with van der Waals surface area (Å²) in [4.78, 5) is 23.4. The van der Waals surface area contributed by atoms with Crippen molar-refractivity contribution >= 4 is 40.0 Å². The Balaban J connectivity index is 2.31. The number of aliphatic hydroxyl groups is 1. The van der Waals surface area contributed by atoms with Crippen LogP contribution in [0.25, 0.3) is 16.5 Å². The van der Waals surface area contributed by atoms with E-state index < -0.39 is 11.8 Å². The molecule has 0 spiro atoms. The molecule has 0 fully saturated rings. The third-order valence-electron chi connectivity index (χ3n) is 3.34. The molecular weight excluding hydrogens is 324 g/mol. The number of ketones is 1. The fraction of sp³-hybridized carbons (Fsp3) is 0.158. The lowest BCUT2D eigenvalue weighted by Crippen LogP contribution is -2.14. The lowest BCUT2D eigenvalue weighted by atomic mass is 10.1. The summed E-state index contributed by atoms with van der Waals surface area (Å²) >= 11 is 1.28. The number of thioether (sulfide) groups is 1. The highest BCUT2D eigenvalue weighted by atomic mass is 32.2. The van der Waals surface area contributed by atoms with Gasteiger partial charge in [-0.2, -0.15) is 0 Å². The topological polar surface area (TPSA) is 63.6 Å². The van der Waals surface area contributed by atoms with Crippen LogP contribution >= 0.6 is 11.8 Å². The van der Waals surface area contributed by atoms with Gasteiger partial charge in [0.2, 0.25) is 0 Å². The molecule has 24 heavy (non-hydrogen) atoms. The highest BCUT2D eigenvalue weighted by Gasteiger charge is 2.12. The Hall–Kier alpha value is -2.53. The summed E-state index contributed by atoms with van der Waals surface area (Å²) in [5.74, 6) is -1.60. The van der Waals surface area contributed by atoms with Crippen LogP contribution in [0.1, 0.15) is 12.5 Å². The molecule has 0 radical (unpaired) electrons. The molecule has 0 atom stereocenters. The lowest BCUT2D eigenvalue weighted by molar-refractivity contribution is -0.151. The van der Waals surface area contributed by atoms with Crippen molar-refractivity contribution in [2.24, 2.45) is 0 Å². The van der Waals surface area contributed by atoms with Gasteiger partial charge in [-0.1, -0.05) is 36.4 Å². The Labute approximate surface area is 144 Å². The Bertz CT molecular complexity index is 821.